The van der Waals surface area contributed by atoms with Gasteiger partial charge in [-0.25, -0.2) is 4.79 Å². The Kier molecular flexibility index (Phi) is 6.53. The maximum Gasteiger partial charge on any atom is 0.337 e. The third kappa shape index (κ3) is 4.22. The summed E-state index contributed by atoms with van der Waals surface area (Å²) in [5.41, 5.74) is 2.68. The Morgan fingerprint density at radius 3 is 2.48 bits per heavy atom. The van der Waals surface area contributed by atoms with E-state index in [9.17, 15) is 19.5 Å². The summed E-state index contributed by atoms with van der Waals surface area (Å²) < 4.78 is 10.5. The molecule has 2 aliphatic rings. The van der Waals surface area contributed by atoms with Crippen LogP contribution in [0.25, 0.3) is 0 Å². The first-order valence-corrected chi connectivity index (χ1v) is 10.5. The van der Waals surface area contributed by atoms with Crippen molar-refractivity contribution in [1.29, 1.82) is 0 Å². The van der Waals surface area contributed by atoms with Crippen LogP contribution < -0.4 is 5.32 Å². The maximum atomic E-state index is 13.6. The molecule has 0 amide bonds. The van der Waals surface area contributed by atoms with E-state index in [1.54, 1.807) is 19.1 Å². The Morgan fingerprint density at radius 2 is 1.90 bits per heavy atom. The van der Waals surface area contributed by atoms with Crippen LogP contribution in [0.4, 0.5) is 0 Å². The number of benzene rings is 1. The van der Waals surface area contributed by atoms with Gasteiger partial charge in [-0.15, -0.1) is 0 Å². The highest BCUT2D eigenvalue weighted by Crippen LogP contribution is 2.45. The van der Waals surface area contributed by atoms with Gasteiger partial charge >= 0.3 is 11.9 Å². The van der Waals surface area contributed by atoms with Gasteiger partial charge in [0.2, 0.25) is 0 Å². The second kappa shape index (κ2) is 8.96. The molecule has 2 N–H and O–H groups in total. The average Bonchev–Trinajstić information content (AvgIpc) is 2.72. The first kappa shape index (κ1) is 22.6. The van der Waals surface area contributed by atoms with Crippen molar-refractivity contribution in [3.8, 4) is 5.75 Å². The van der Waals surface area contributed by atoms with E-state index in [1.807, 2.05) is 20.8 Å². The molecule has 166 valence electrons. The van der Waals surface area contributed by atoms with Gasteiger partial charge in [-0.2, -0.15) is 0 Å². The van der Waals surface area contributed by atoms with Gasteiger partial charge in [-0.1, -0.05) is 26.0 Å². The summed E-state index contributed by atoms with van der Waals surface area (Å²) in [4.78, 5) is 39.1. The number of rotatable bonds is 5. The molecule has 0 saturated carbocycles. The summed E-state index contributed by atoms with van der Waals surface area (Å²) >= 11 is 0. The number of phenols is 1. The number of nitrogens with one attached hydrogen (secondary N) is 1. The number of dihydropyridines is 1. The lowest BCUT2D eigenvalue weighted by atomic mass is 9.69. The van der Waals surface area contributed by atoms with Gasteiger partial charge in [0, 0.05) is 22.9 Å². The van der Waals surface area contributed by atoms with Crippen LogP contribution in [0.1, 0.15) is 52.0 Å². The van der Waals surface area contributed by atoms with Crippen molar-refractivity contribution >= 4 is 17.7 Å². The number of carbonyl (C=O) groups excluding carboxylic acids is 3. The lowest BCUT2D eigenvalue weighted by Crippen LogP contribution is -2.43. The number of Topliss-reactive ketones (excluding diaryl/α,β-unsaturated/α-hetero) is 1. The Bertz CT molecular complexity index is 959. The van der Waals surface area contributed by atoms with E-state index in [1.165, 1.54) is 19.2 Å². The van der Waals surface area contributed by atoms with Gasteiger partial charge in [0.05, 0.1) is 18.8 Å². The molecule has 3 rings (SSSR count). The van der Waals surface area contributed by atoms with Gasteiger partial charge in [-0.05, 0) is 50.3 Å². The van der Waals surface area contributed by atoms with E-state index in [-0.39, 0.29) is 23.6 Å². The number of allylic oxidation sites excluding steroid dienone is 3. The van der Waals surface area contributed by atoms with Crippen molar-refractivity contribution in [2.45, 2.75) is 52.6 Å². The number of ether oxygens (including phenoxy) is 2. The minimum atomic E-state index is -0.935. The summed E-state index contributed by atoms with van der Waals surface area (Å²) in [6.45, 7) is 7.35. The highest BCUT2D eigenvalue weighted by Gasteiger charge is 2.47. The smallest absolute Gasteiger partial charge is 0.337 e. The van der Waals surface area contributed by atoms with Crippen LogP contribution in [0.3, 0.4) is 0 Å². The van der Waals surface area contributed by atoms with Crippen molar-refractivity contribution < 1.29 is 29.0 Å². The lowest BCUT2D eigenvalue weighted by Gasteiger charge is -2.38. The molecule has 0 aromatic heterocycles. The molecule has 7 nitrogen and oxygen atoms in total. The number of hydrogen-bond donors (Lipinski definition) is 2. The van der Waals surface area contributed by atoms with Crippen molar-refractivity contribution in [3.63, 3.8) is 0 Å². The van der Waals surface area contributed by atoms with Crippen LogP contribution in [-0.2, 0) is 23.9 Å². The molecule has 0 unspecified atom stereocenters. The molecule has 4 atom stereocenters. The first-order chi connectivity index (χ1) is 14.7. The van der Waals surface area contributed by atoms with Gasteiger partial charge in [0.15, 0.2) is 5.78 Å². The lowest BCUT2D eigenvalue weighted by molar-refractivity contribution is -0.151. The Hall–Kier alpha value is -3.09. The van der Waals surface area contributed by atoms with E-state index in [2.05, 4.69) is 5.32 Å². The number of methoxy groups -OCH3 is 1. The zero-order valence-corrected chi connectivity index (χ0v) is 18.5. The summed E-state index contributed by atoms with van der Waals surface area (Å²) in [6, 6.07) is 6.38. The number of aromatic hydroxyl groups is 1. The topological polar surface area (TPSA) is 102 Å². The van der Waals surface area contributed by atoms with E-state index >= 15 is 0 Å². The summed E-state index contributed by atoms with van der Waals surface area (Å²) in [6.07, 6.45) is 0.846. The van der Waals surface area contributed by atoms with Gasteiger partial charge in [-0.3, -0.25) is 9.59 Å². The molecule has 0 bridgehead atoms. The fourth-order valence-corrected chi connectivity index (χ4v) is 4.28. The molecule has 1 aliphatic heterocycles. The van der Waals surface area contributed by atoms with Crippen LogP contribution in [0.2, 0.25) is 0 Å². The van der Waals surface area contributed by atoms with Gasteiger partial charge < -0.3 is 19.9 Å². The maximum absolute atomic E-state index is 13.6. The van der Waals surface area contributed by atoms with Crippen molar-refractivity contribution in [2.75, 3.05) is 7.11 Å². The van der Waals surface area contributed by atoms with Crippen LogP contribution in [0.15, 0.2) is 46.8 Å². The summed E-state index contributed by atoms with van der Waals surface area (Å²) in [7, 11) is 1.27. The normalized spacial score (nSPS) is 24.3. The molecule has 1 aliphatic carbocycles. The zero-order valence-electron chi connectivity index (χ0n) is 18.5. The van der Waals surface area contributed by atoms with Gasteiger partial charge in [0.25, 0.3) is 0 Å². The van der Waals surface area contributed by atoms with Crippen molar-refractivity contribution in [2.24, 2.45) is 11.8 Å². The monoisotopic (exact) mass is 427 g/mol. The minimum Gasteiger partial charge on any atom is -0.508 e. The Labute approximate surface area is 182 Å². The van der Waals surface area contributed by atoms with Crippen molar-refractivity contribution in [3.05, 3.63) is 52.4 Å². The third-order valence-corrected chi connectivity index (χ3v) is 6.07. The highest BCUT2D eigenvalue weighted by atomic mass is 16.5. The molecule has 1 aromatic rings. The van der Waals surface area contributed by atoms with Gasteiger partial charge in [0.1, 0.15) is 11.7 Å². The standard InChI is InChI=1S/C24H29NO6/c1-6-13(3)31-24(29)19-14(4)25-17-11-12(2)18(23(28)30-5)22(27)21(17)20(19)15-7-9-16(26)10-8-15/h7-10,12-13,18,20,25-26H,6,11H2,1-5H3/t12-,13+,18+,20+/m0/s1. The van der Waals surface area contributed by atoms with E-state index in [4.69, 9.17) is 9.47 Å². The highest BCUT2D eigenvalue weighted by molar-refractivity contribution is 6.12. The largest absolute Gasteiger partial charge is 0.508 e. The van der Waals surface area contributed by atoms with Crippen LogP contribution in [0.5, 0.6) is 5.75 Å². The molecular formula is C24H29NO6. The molecule has 7 heteroatoms. The van der Waals surface area contributed by atoms with E-state index in [0.29, 0.717) is 40.9 Å². The zero-order chi connectivity index (χ0) is 22.9. The number of carbonyl (C=O) groups is 3. The number of esters is 2. The second-order valence-electron chi connectivity index (χ2n) is 8.25. The molecule has 0 fully saturated rings. The first-order valence-electron chi connectivity index (χ1n) is 10.5. The second-order valence-corrected chi connectivity index (χ2v) is 8.25. The molecule has 1 aromatic carbocycles. The molecule has 0 spiro atoms. The minimum absolute atomic E-state index is 0.0763. The van der Waals surface area contributed by atoms with E-state index < -0.39 is 23.8 Å². The Balaban J connectivity index is 2.15. The number of hydrogen-bond acceptors (Lipinski definition) is 7. The Morgan fingerprint density at radius 1 is 1.26 bits per heavy atom. The number of ketones is 1. The SMILES string of the molecule is CC[C@@H](C)OC(=O)C1=C(C)NC2=C(C(=O)[C@H](C(=O)OC)[C@@H](C)C2)[C@@H]1c1ccc(O)cc1. The summed E-state index contributed by atoms with van der Waals surface area (Å²) in [5, 5.41) is 13.0. The average molecular weight is 427 g/mol. The van der Waals surface area contributed by atoms with E-state index in [0.717, 1.165) is 0 Å². The van der Waals surface area contributed by atoms with Crippen LogP contribution in [-0.4, -0.2) is 36.0 Å². The fourth-order valence-electron chi connectivity index (χ4n) is 4.28. The molecule has 0 saturated heterocycles. The molecule has 31 heavy (non-hydrogen) atoms. The molecule has 1 heterocycles. The molecular weight excluding hydrogens is 398 g/mol. The quantitative estimate of drug-likeness (QED) is 0.549. The van der Waals surface area contributed by atoms with Crippen molar-refractivity contribution in [1.82, 2.24) is 5.32 Å². The number of phenolic OH excluding ortho intramolecular Hbond substituents is 1. The van der Waals surface area contributed by atoms with Crippen LogP contribution >= 0.6 is 0 Å². The third-order valence-electron chi connectivity index (χ3n) is 6.07. The predicted molar refractivity (Wildman–Crippen MR) is 114 cm³/mol. The van der Waals surface area contributed by atoms with Crippen LogP contribution in [0, 0.1) is 11.8 Å². The molecule has 0 radical (unpaired) electrons. The summed E-state index contributed by atoms with van der Waals surface area (Å²) in [5.74, 6) is -3.25. The predicted octanol–water partition coefficient (Wildman–Crippen LogP) is 3.35. The fraction of sp³-hybridized carbons (Fsp3) is 0.458.